The molecular weight excluding hydrogens is 813 g/mol. The van der Waals surface area contributed by atoms with Crippen molar-refractivity contribution in [3.05, 3.63) is 96.6 Å². The smallest absolute Gasteiger partial charge is 0.346 e. The Hall–Kier alpha value is -3.58. The summed E-state index contributed by atoms with van der Waals surface area (Å²) in [5.41, 5.74) is -6.71. The van der Waals surface area contributed by atoms with Crippen LogP contribution in [-0.4, -0.2) is 102 Å². The van der Waals surface area contributed by atoms with Crippen LogP contribution in [0.3, 0.4) is 0 Å². The second-order valence-electron chi connectivity index (χ2n) is 19.7. The van der Waals surface area contributed by atoms with Crippen molar-refractivity contribution < 1.29 is 56.4 Å². The van der Waals surface area contributed by atoms with Crippen LogP contribution < -0.4 is 10.4 Å². The average molecular weight is 879 g/mol. The predicted octanol–water partition coefficient (Wildman–Crippen LogP) is 6.87. The van der Waals surface area contributed by atoms with Crippen molar-refractivity contribution in [1.29, 1.82) is 0 Å². The predicted molar refractivity (Wildman–Crippen MR) is 236 cm³/mol. The molecule has 0 aromatic heterocycles. The van der Waals surface area contributed by atoms with E-state index >= 15 is 14.4 Å². The van der Waals surface area contributed by atoms with Crippen LogP contribution in [0.2, 0.25) is 24.7 Å². The van der Waals surface area contributed by atoms with Crippen molar-refractivity contribution in [2.24, 2.45) is 0 Å². The van der Waals surface area contributed by atoms with Gasteiger partial charge in [0, 0.05) is 13.5 Å². The van der Waals surface area contributed by atoms with Crippen molar-refractivity contribution in [3.63, 3.8) is 0 Å². The molecule has 61 heavy (non-hydrogen) atoms. The van der Waals surface area contributed by atoms with E-state index in [0.29, 0.717) is 5.56 Å². The van der Waals surface area contributed by atoms with Crippen molar-refractivity contribution in [2.45, 2.75) is 140 Å². The lowest BCUT2D eigenvalue weighted by Crippen LogP contribution is -2.81. The standard InChI is InChI=1S/C47H66O12Si2/c1-42(2,3)56-40(49)46(59-60(11,12)13)37(32-54-61(44(7,8)9,35-25-19-15-20-26-35)36-27-21-16-22-28-36)55-45(29-30-52-33-51-10)38(48)39(53-31-34-23-17-14-18-24-34)47(46,58-45)41(50)57-43(4,5)6/h14-28,37,39H,29-33H2,1-13H3/t37-,39-,45+,46+,47+/m1/s1. The van der Waals surface area contributed by atoms with E-state index in [9.17, 15) is 0 Å². The Morgan fingerprint density at radius 2 is 1.25 bits per heavy atom. The molecular formula is C47H66O12Si2. The lowest BCUT2D eigenvalue weighted by molar-refractivity contribution is -0.370. The maximum absolute atomic E-state index is 15.7. The van der Waals surface area contributed by atoms with Gasteiger partial charge in [0.1, 0.15) is 24.1 Å². The molecule has 2 bridgehead atoms. The third kappa shape index (κ3) is 9.98. The van der Waals surface area contributed by atoms with Crippen LogP contribution in [0.15, 0.2) is 91.0 Å². The van der Waals surface area contributed by atoms with Crippen LogP contribution in [0.1, 0.15) is 74.3 Å². The summed E-state index contributed by atoms with van der Waals surface area (Å²) in [6.07, 6.45) is -3.53. The highest BCUT2D eigenvalue weighted by Gasteiger charge is 2.86. The van der Waals surface area contributed by atoms with E-state index in [-0.39, 0.29) is 33.0 Å². The van der Waals surface area contributed by atoms with E-state index in [1.165, 1.54) is 7.11 Å². The minimum atomic E-state index is -3.39. The molecule has 3 aromatic carbocycles. The number of carbonyl (C=O) groups excluding carboxylic acids is 3. The monoisotopic (exact) mass is 878 g/mol. The van der Waals surface area contributed by atoms with E-state index in [0.717, 1.165) is 10.4 Å². The summed E-state index contributed by atoms with van der Waals surface area (Å²) in [6, 6.07) is 29.2. The van der Waals surface area contributed by atoms with E-state index in [2.05, 4.69) is 20.8 Å². The molecule has 0 unspecified atom stereocenters. The Morgan fingerprint density at radius 1 is 0.738 bits per heavy atom. The molecule has 12 nitrogen and oxygen atoms in total. The maximum atomic E-state index is 15.7. The molecule has 5 rings (SSSR count). The average Bonchev–Trinajstić information content (AvgIpc) is 3.38. The van der Waals surface area contributed by atoms with E-state index in [1.54, 1.807) is 41.5 Å². The first kappa shape index (κ1) is 48.5. The molecule has 2 aliphatic rings. The fourth-order valence-electron chi connectivity index (χ4n) is 8.25. The summed E-state index contributed by atoms with van der Waals surface area (Å²) < 4.78 is 58.8. The number of rotatable bonds is 17. The number of benzene rings is 3. The van der Waals surface area contributed by atoms with Gasteiger partial charge in [-0.1, -0.05) is 112 Å². The number of hydrogen-bond acceptors (Lipinski definition) is 12. The fraction of sp³-hybridized carbons (Fsp3) is 0.553. The lowest BCUT2D eigenvalue weighted by atomic mass is 9.74. The molecule has 2 saturated heterocycles. The number of carbonyl (C=O) groups is 3. The van der Waals surface area contributed by atoms with Gasteiger partial charge in [-0.25, -0.2) is 9.59 Å². The molecule has 0 saturated carbocycles. The van der Waals surface area contributed by atoms with Gasteiger partial charge in [0.15, 0.2) is 14.4 Å². The largest absolute Gasteiger partial charge is 0.458 e. The van der Waals surface area contributed by atoms with E-state index in [1.807, 2.05) is 111 Å². The molecule has 0 aliphatic carbocycles. The van der Waals surface area contributed by atoms with Gasteiger partial charge in [-0.05, 0) is 82.2 Å². The van der Waals surface area contributed by atoms with Crippen LogP contribution in [0, 0.1) is 0 Å². The van der Waals surface area contributed by atoms with Crippen molar-refractivity contribution >= 4 is 44.7 Å². The molecule has 0 spiro atoms. The molecule has 5 atom stereocenters. The van der Waals surface area contributed by atoms with Crippen molar-refractivity contribution in [1.82, 2.24) is 0 Å². The summed E-state index contributed by atoms with van der Waals surface area (Å²) in [7, 11) is -4.96. The molecule has 2 aliphatic heterocycles. The molecule has 334 valence electrons. The molecule has 2 heterocycles. The van der Waals surface area contributed by atoms with Crippen LogP contribution in [0.25, 0.3) is 0 Å². The van der Waals surface area contributed by atoms with Gasteiger partial charge in [-0.3, -0.25) is 4.79 Å². The third-order valence-corrected chi connectivity index (χ3v) is 16.4. The van der Waals surface area contributed by atoms with Gasteiger partial charge in [0.05, 0.1) is 19.8 Å². The van der Waals surface area contributed by atoms with Gasteiger partial charge >= 0.3 is 11.9 Å². The van der Waals surface area contributed by atoms with E-state index < -0.39 is 79.8 Å². The zero-order chi connectivity index (χ0) is 45.1. The molecule has 2 fully saturated rings. The van der Waals surface area contributed by atoms with Crippen LogP contribution >= 0.6 is 0 Å². The van der Waals surface area contributed by atoms with Crippen LogP contribution in [0.5, 0.6) is 0 Å². The maximum Gasteiger partial charge on any atom is 0.346 e. The Labute approximate surface area is 364 Å². The molecule has 0 radical (unpaired) electrons. The Balaban J connectivity index is 1.87. The molecule has 14 heteroatoms. The van der Waals surface area contributed by atoms with Gasteiger partial charge in [0.2, 0.25) is 22.8 Å². The fourth-order valence-corrected chi connectivity index (χ4v) is 14.1. The first-order chi connectivity index (χ1) is 28.4. The SMILES string of the molecule is COCOCC[C@]12O[C@H](CO[Si](c3ccccc3)(c3ccccc3)C(C)(C)C)[C@](O[Si](C)(C)C)(C(=O)OC(C)(C)C)[C@](C(=O)OC(C)(C)C)(O1)[C@H](OCc1ccccc1)C2=O. The number of Topliss-reactive ketones (excluding diaryl/α,β-unsaturated/α-hetero) is 1. The number of ketones is 1. The first-order valence-electron chi connectivity index (χ1n) is 20.9. The number of fused-ring (bicyclic) bond motifs is 2. The Bertz CT molecular complexity index is 1910. The highest BCUT2D eigenvalue weighted by atomic mass is 28.4. The summed E-state index contributed by atoms with van der Waals surface area (Å²) >= 11 is 0. The Kier molecular flexibility index (Phi) is 14.5. The highest BCUT2D eigenvalue weighted by molar-refractivity contribution is 6.99. The second-order valence-corrected chi connectivity index (χ2v) is 28.5. The van der Waals surface area contributed by atoms with Gasteiger partial charge < -0.3 is 42.0 Å². The number of hydrogen-bond donors (Lipinski definition) is 0. The Morgan fingerprint density at radius 3 is 1.72 bits per heavy atom. The minimum absolute atomic E-state index is 0.0869. The summed E-state index contributed by atoms with van der Waals surface area (Å²) in [4.78, 5) is 46.8. The van der Waals surface area contributed by atoms with E-state index in [4.69, 9.17) is 42.0 Å². The van der Waals surface area contributed by atoms with Crippen molar-refractivity contribution in [3.8, 4) is 0 Å². The minimum Gasteiger partial charge on any atom is -0.458 e. The van der Waals surface area contributed by atoms with Gasteiger partial charge in [-0.2, -0.15) is 0 Å². The zero-order valence-electron chi connectivity index (χ0n) is 38.2. The third-order valence-electron chi connectivity index (χ3n) is 10.4. The second kappa shape index (κ2) is 18.3. The summed E-state index contributed by atoms with van der Waals surface area (Å²) in [6.45, 7) is 21.6. The molecule has 0 N–H and O–H groups in total. The number of ether oxygens (including phenoxy) is 7. The lowest BCUT2D eigenvalue weighted by Gasteiger charge is -2.56. The van der Waals surface area contributed by atoms with Gasteiger partial charge in [0.25, 0.3) is 8.32 Å². The zero-order valence-corrected chi connectivity index (χ0v) is 40.2. The normalized spacial score (nSPS) is 24.7. The topological polar surface area (TPSA) is 134 Å². The van der Waals surface area contributed by atoms with Crippen LogP contribution in [-0.2, 0) is 63.0 Å². The number of esters is 2. The molecule has 0 amide bonds. The summed E-state index contributed by atoms with van der Waals surface area (Å²) in [5.74, 6) is -4.99. The van der Waals surface area contributed by atoms with Crippen molar-refractivity contribution in [2.75, 3.05) is 27.1 Å². The first-order valence-corrected chi connectivity index (χ1v) is 26.3. The number of methoxy groups -OCH3 is 1. The quantitative estimate of drug-likeness (QED) is 0.0607. The molecule has 3 aromatic rings. The van der Waals surface area contributed by atoms with Gasteiger partial charge in [-0.15, -0.1) is 0 Å². The summed E-state index contributed by atoms with van der Waals surface area (Å²) in [5, 5.41) is 1.41. The van der Waals surface area contributed by atoms with Crippen LogP contribution in [0.4, 0.5) is 0 Å². The highest BCUT2D eigenvalue weighted by Crippen LogP contribution is 2.57.